The molecule has 0 radical (unpaired) electrons. The molecule has 0 bridgehead atoms. The van der Waals surface area contributed by atoms with Crippen molar-refractivity contribution in [1.82, 2.24) is 10.2 Å². The SMILES string of the molecule is COC(=O)NC1CCC(CCN2CCC(Cc3cc(Cl)ccc3Br)CC2)CC1. The number of amides is 1. The van der Waals surface area contributed by atoms with E-state index in [4.69, 9.17) is 16.3 Å². The van der Waals surface area contributed by atoms with Crippen LogP contribution in [0.2, 0.25) is 5.02 Å². The number of hydrogen-bond donors (Lipinski definition) is 1. The van der Waals surface area contributed by atoms with Gasteiger partial charge in [-0.3, -0.25) is 0 Å². The molecule has 0 aromatic heterocycles. The van der Waals surface area contributed by atoms with Crippen molar-refractivity contribution in [2.24, 2.45) is 11.8 Å². The number of carbonyl (C=O) groups excluding carboxylic acids is 1. The van der Waals surface area contributed by atoms with Gasteiger partial charge in [0.15, 0.2) is 0 Å². The molecule has 0 unspecified atom stereocenters. The molecule has 1 saturated heterocycles. The zero-order valence-corrected chi connectivity index (χ0v) is 19.1. The minimum absolute atomic E-state index is 0.295. The van der Waals surface area contributed by atoms with Crippen LogP contribution in [0.1, 0.15) is 50.5 Å². The predicted octanol–water partition coefficient (Wildman–Crippen LogP) is 5.66. The van der Waals surface area contributed by atoms with Crippen molar-refractivity contribution in [3.05, 3.63) is 33.3 Å². The minimum Gasteiger partial charge on any atom is -0.453 e. The number of halogens is 2. The first kappa shape index (κ1) is 21.9. The summed E-state index contributed by atoms with van der Waals surface area (Å²) in [4.78, 5) is 14.0. The van der Waals surface area contributed by atoms with Gasteiger partial charge in [-0.2, -0.15) is 0 Å². The standard InChI is InChI=1S/C22H32BrClN2O2/c1-28-22(27)25-20-5-2-16(3-6-20)8-11-26-12-9-17(10-13-26)14-18-15-19(24)4-7-21(18)23/h4,7,15-17,20H,2-3,5-6,8-14H2,1H3,(H,25,27). The van der Waals surface area contributed by atoms with Crippen LogP contribution < -0.4 is 5.32 Å². The number of methoxy groups -OCH3 is 1. The average molecular weight is 472 g/mol. The molecule has 4 nitrogen and oxygen atoms in total. The lowest BCUT2D eigenvalue weighted by Gasteiger charge is -2.34. The number of hydrogen-bond acceptors (Lipinski definition) is 3. The van der Waals surface area contributed by atoms with Crippen LogP contribution in [0.15, 0.2) is 22.7 Å². The quantitative estimate of drug-likeness (QED) is 0.582. The van der Waals surface area contributed by atoms with Gasteiger partial charge in [0.25, 0.3) is 0 Å². The third-order valence-electron chi connectivity index (χ3n) is 6.43. The summed E-state index contributed by atoms with van der Waals surface area (Å²) in [5, 5.41) is 3.77. The van der Waals surface area contributed by atoms with Gasteiger partial charge in [0, 0.05) is 15.5 Å². The fourth-order valence-electron chi connectivity index (χ4n) is 4.61. The van der Waals surface area contributed by atoms with E-state index in [-0.39, 0.29) is 6.09 Å². The largest absolute Gasteiger partial charge is 0.453 e. The first-order valence-corrected chi connectivity index (χ1v) is 11.7. The van der Waals surface area contributed by atoms with Crippen LogP contribution in [0.4, 0.5) is 4.79 Å². The number of likely N-dealkylation sites (tertiary alicyclic amines) is 1. The number of alkyl carbamates (subject to hydrolysis) is 1. The van der Waals surface area contributed by atoms with Crippen molar-refractivity contribution in [3.63, 3.8) is 0 Å². The van der Waals surface area contributed by atoms with Crippen LogP contribution in [0.5, 0.6) is 0 Å². The van der Waals surface area contributed by atoms with Crippen molar-refractivity contribution in [3.8, 4) is 0 Å². The first-order chi connectivity index (χ1) is 13.5. The van der Waals surface area contributed by atoms with E-state index in [1.54, 1.807) is 0 Å². The van der Waals surface area contributed by atoms with Crippen LogP contribution in [-0.2, 0) is 11.2 Å². The molecule has 1 heterocycles. The summed E-state index contributed by atoms with van der Waals surface area (Å²) in [5.41, 5.74) is 1.34. The Morgan fingerprint density at radius 3 is 2.57 bits per heavy atom. The van der Waals surface area contributed by atoms with Crippen molar-refractivity contribution in [2.45, 2.75) is 57.4 Å². The van der Waals surface area contributed by atoms with Gasteiger partial charge in [-0.15, -0.1) is 0 Å². The minimum atomic E-state index is -0.295. The molecule has 1 N–H and O–H groups in total. The topological polar surface area (TPSA) is 41.6 Å². The second-order valence-electron chi connectivity index (χ2n) is 8.37. The second kappa shape index (κ2) is 10.8. The molecular formula is C22H32BrClN2O2. The zero-order valence-electron chi connectivity index (χ0n) is 16.8. The molecule has 0 atom stereocenters. The Balaban J connectivity index is 1.33. The van der Waals surface area contributed by atoms with E-state index in [0.717, 1.165) is 36.1 Å². The highest BCUT2D eigenvalue weighted by Crippen LogP contribution is 2.30. The van der Waals surface area contributed by atoms with Crippen molar-refractivity contribution in [1.29, 1.82) is 0 Å². The molecule has 1 aliphatic carbocycles. The van der Waals surface area contributed by atoms with Crippen molar-refractivity contribution >= 4 is 33.6 Å². The Morgan fingerprint density at radius 2 is 1.89 bits per heavy atom. The van der Waals surface area contributed by atoms with Crippen LogP contribution in [0.3, 0.4) is 0 Å². The van der Waals surface area contributed by atoms with Gasteiger partial charge < -0.3 is 15.0 Å². The molecule has 3 rings (SSSR count). The Morgan fingerprint density at radius 1 is 1.18 bits per heavy atom. The van der Waals surface area contributed by atoms with E-state index in [2.05, 4.69) is 38.3 Å². The van der Waals surface area contributed by atoms with Gasteiger partial charge in [0.05, 0.1) is 7.11 Å². The molecule has 1 saturated carbocycles. The number of carbonyl (C=O) groups is 1. The summed E-state index contributed by atoms with van der Waals surface area (Å²) in [5.74, 6) is 1.56. The van der Waals surface area contributed by atoms with Gasteiger partial charge in [0.1, 0.15) is 0 Å². The molecule has 1 aromatic rings. The van der Waals surface area contributed by atoms with Gasteiger partial charge in [-0.25, -0.2) is 4.79 Å². The molecule has 2 fully saturated rings. The summed E-state index contributed by atoms with van der Waals surface area (Å²) >= 11 is 9.82. The fourth-order valence-corrected chi connectivity index (χ4v) is 5.21. The fraction of sp³-hybridized carbons (Fsp3) is 0.682. The molecule has 0 spiro atoms. The second-order valence-corrected chi connectivity index (χ2v) is 9.66. The number of nitrogens with one attached hydrogen (secondary N) is 1. The van der Waals surface area contributed by atoms with Gasteiger partial charge in [-0.1, -0.05) is 27.5 Å². The molecule has 6 heteroatoms. The van der Waals surface area contributed by atoms with Crippen LogP contribution >= 0.6 is 27.5 Å². The van der Waals surface area contributed by atoms with Gasteiger partial charge in [-0.05, 0) is 107 Å². The van der Waals surface area contributed by atoms with E-state index >= 15 is 0 Å². The van der Waals surface area contributed by atoms with Crippen LogP contribution in [0.25, 0.3) is 0 Å². The van der Waals surface area contributed by atoms with Crippen molar-refractivity contribution in [2.75, 3.05) is 26.7 Å². The van der Waals surface area contributed by atoms with E-state index in [0.29, 0.717) is 6.04 Å². The Kier molecular flexibility index (Phi) is 8.49. The Hall–Kier alpha value is -0.780. The normalized spacial score (nSPS) is 24.1. The lowest BCUT2D eigenvalue weighted by atomic mass is 9.83. The third-order valence-corrected chi connectivity index (χ3v) is 7.44. The highest BCUT2D eigenvalue weighted by molar-refractivity contribution is 9.10. The van der Waals surface area contributed by atoms with Gasteiger partial charge >= 0.3 is 6.09 Å². The van der Waals surface area contributed by atoms with E-state index < -0.39 is 0 Å². The maximum absolute atomic E-state index is 11.3. The van der Waals surface area contributed by atoms with E-state index in [1.165, 1.54) is 68.9 Å². The monoisotopic (exact) mass is 470 g/mol. The third kappa shape index (κ3) is 6.64. The smallest absolute Gasteiger partial charge is 0.407 e. The zero-order chi connectivity index (χ0) is 19.9. The van der Waals surface area contributed by atoms with Crippen molar-refractivity contribution < 1.29 is 9.53 Å². The first-order valence-electron chi connectivity index (χ1n) is 10.5. The lowest BCUT2D eigenvalue weighted by molar-refractivity contribution is 0.152. The lowest BCUT2D eigenvalue weighted by Crippen LogP contribution is -2.39. The Bertz CT molecular complexity index is 641. The number of nitrogens with zero attached hydrogens (tertiary/aromatic N) is 1. The molecule has 1 aliphatic heterocycles. The predicted molar refractivity (Wildman–Crippen MR) is 118 cm³/mol. The molecule has 2 aliphatic rings. The highest BCUT2D eigenvalue weighted by Gasteiger charge is 2.24. The Labute approximate surface area is 182 Å². The molecule has 156 valence electrons. The van der Waals surface area contributed by atoms with E-state index in [9.17, 15) is 4.79 Å². The van der Waals surface area contributed by atoms with Crippen LogP contribution in [0, 0.1) is 11.8 Å². The summed E-state index contributed by atoms with van der Waals surface area (Å²) < 4.78 is 5.88. The number of piperidine rings is 1. The summed E-state index contributed by atoms with van der Waals surface area (Å²) in [7, 11) is 1.43. The summed E-state index contributed by atoms with van der Waals surface area (Å²) in [6.07, 6.45) is 9.25. The van der Waals surface area contributed by atoms with E-state index in [1.807, 2.05) is 6.07 Å². The highest BCUT2D eigenvalue weighted by atomic mass is 79.9. The maximum Gasteiger partial charge on any atom is 0.407 e. The average Bonchev–Trinajstić information content (AvgIpc) is 2.71. The number of ether oxygens (including phenoxy) is 1. The molecule has 1 aromatic carbocycles. The number of rotatable bonds is 6. The number of benzene rings is 1. The maximum atomic E-state index is 11.3. The molecular weight excluding hydrogens is 440 g/mol. The molecule has 1 amide bonds. The van der Waals surface area contributed by atoms with Gasteiger partial charge in [0.2, 0.25) is 0 Å². The summed E-state index contributed by atoms with van der Waals surface area (Å²) in [6, 6.07) is 6.40. The van der Waals surface area contributed by atoms with Crippen LogP contribution in [-0.4, -0.2) is 43.8 Å². The summed E-state index contributed by atoms with van der Waals surface area (Å²) in [6.45, 7) is 3.64. The molecule has 28 heavy (non-hydrogen) atoms.